The van der Waals surface area contributed by atoms with Crippen LogP contribution in [0.4, 0.5) is 4.39 Å². The molecule has 5 heteroatoms. The highest BCUT2D eigenvalue weighted by Gasteiger charge is 2.23. The number of rotatable bonds is 5. The number of aliphatic hydroxyl groups excluding tert-OH is 1. The summed E-state index contributed by atoms with van der Waals surface area (Å²) in [5, 5.41) is 18.5. The van der Waals surface area contributed by atoms with Crippen LogP contribution in [0.3, 0.4) is 0 Å². The normalized spacial score (nSPS) is 13.7. The summed E-state index contributed by atoms with van der Waals surface area (Å²) in [6.07, 6.45) is 2.60. The van der Waals surface area contributed by atoms with Crippen LogP contribution >= 0.6 is 0 Å². The summed E-state index contributed by atoms with van der Waals surface area (Å²) >= 11 is 0. The molecule has 0 spiro atoms. The molecule has 0 bridgehead atoms. The van der Waals surface area contributed by atoms with Crippen LogP contribution in [0.25, 0.3) is 0 Å². The summed E-state index contributed by atoms with van der Waals surface area (Å²) in [5.74, 6) is -0.517. The molecule has 22 heavy (non-hydrogen) atoms. The van der Waals surface area contributed by atoms with E-state index in [4.69, 9.17) is 0 Å². The Labute approximate surface area is 127 Å². The van der Waals surface area contributed by atoms with Gasteiger partial charge in [-0.25, -0.2) is 4.39 Å². The van der Waals surface area contributed by atoms with Gasteiger partial charge in [0.15, 0.2) is 0 Å². The van der Waals surface area contributed by atoms with E-state index in [9.17, 15) is 9.50 Å². The van der Waals surface area contributed by atoms with Crippen molar-refractivity contribution in [1.29, 1.82) is 0 Å². The second kappa shape index (κ2) is 6.49. The first-order chi connectivity index (χ1) is 10.7. The van der Waals surface area contributed by atoms with Crippen molar-refractivity contribution in [2.75, 3.05) is 0 Å². The highest BCUT2D eigenvalue weighted by Crippen LogP contribution is 2.32. The Hall–Kier alpha value is -2.53. The van der Waals surface area contributed by atoms with Crippen LogP contribution in [0.1, 0.15) is 23.1 Å². The van der Waals surface area contributed by atoms with Crippen molar-refractivity contribution in [3.63, 3.8) is 0 Å². The Morgan fingerprint density at radius 2 is 1.73 bits per heavy atom. The molecule has 0 fully saturated rings. The maximum atomic E-state index is 13.1. The van der Waals surface area contributed by atoms with Crippen molar-refractivity contribution in [3.8, 4) is 0 Å². The number of hydrogen-bond donors (Lipinski definition) is 1. The highest BCUT2D eigenvalue weighted by molar-refractivity contribution is 5.27. The minimum atomic E-state index is -0.757. The molecule has 1 heterocycles. The molecule has 0 aliphatic heterocycles. The highest BCUT2D eigenvalue weighted by atomic mass is 19.1. The molecule has 0 aliphatic rings. The lowest BCUT2D eigenvalue weighted by Gasteiger charge is -2.23. The van der Waals surface area contributed by atoms with E-state index < -0.39 is 6.10 Å². The summed E-state index contributed by atoms with van der Waals surface area (Å²) in [7, 11) is 0. The lowest BCUT2D eigenvalue weighted by Crippen LogP contribution is -2.18. The summed E-state index contributed by atoms with van der Waals surface area (Å²) in [4.78, 5) is 0. The molecule has 0 amide bonds. The van der Waals surface area contributed by atoms with Gasteiger partial charge in [-0.05, 0) is 23.3 Å². The third kappa shape index (κ3) is 3.20. The van der Waals surface area contributed by atoms with Gasteiger partial charge < -0.3 is 5.11 Å². The standard InChI is InChI=1S/C17H16FN3O/c18-15-8-6-14(7-9-15)17(22)16(12-21-11-10-19-20-21)13-4-2-1-3-5-13/h1-11,16-17,22H,12H2/t16-,17+/m1/s1. The molecule has 0 radical (unpaired) electrons. The minimum absolute atomic E-state index is 0.201. The molecule has 2 atom stereocenters. The fraction of sp³-hybridized carbons (Fsp3) is 0.176. The Kier molecular flexibility index (Phi) is 4.25. The lowest BCUT2D eigenvalue weighted by atomic mass is 9.89. The van der Waals surface area contributed by atoms with E-state index in [0.717, 1.165) is 5.56 Å². The van der Waals surface area contributed by atoms with Gasteiger partial charge in [0.05, 0.1) is 18.8 Å². The zero-order valence-electron chi connectivity index (χ0n) is 11.9. The molecule has 0 saturated heterocycles. The fourth-order valence-electron chi connectivity index (χ4n) is 2.51. The van der Waals surface area contributed by atoms with Crippen molar-refractivity contribution in [2.24, 2.45) is 0 Å². The van der Waals surface area contributed by atoms with Gasteiger partial charge in [0.2, 0.25) is 0 Å². The van der Waals surface area contributed by atoms with Crippen LogP contribution in [0.5, 0.6) is 0 Å². The van der Waals surface area contributed by atoms with Crippen LogP contribution in [0, 0.1) is 5.82 Å². The molecule has 1 aromatic heterocycles. The van der Waals surface area contributed by atoms with Crippen LogP contribution in [0.2, 0.25) is 0 Å². The van der Waals surface area contributed by atoms with Crippen molar-refractivity contribution in [3.05, 3.63) is 83.9 Å². The maximum absolute atomic E-state index is 13.1. The molecule has 0 aliphatic carbocycles. The predicted octanol–water partition coefficient (Wildman–Crippen LogP) is 2.93. The van der Waals surface area contributed by atoms with E-state index in [1.807, 2.05) is 30.3 Å². The van der Waals surface area contributed by atoms with Gasteiger partial charge in [-0.1, -0.05) is 47.7 Å². The zero-order valence-corrected chi connectivity index (χ0v) is 11.9. The van der Waals surface area contributed by atoms with Crippen molar-refractivity contribution in [1.82, 2.24) is 15.0 Å². The average molecular weight is 297 g/mol. The number of benzene rings is 2. The molecule has 1 N–H and O–H groups in total. The fourth-order valence-corrected chi connectivity index (χ4v) is 2.51. The largest absolute Gasteiger partial charge is 0.388 e. The van der Waals surface area contributed by atoms with Gasteiger partial charge in [-0.15, -0.1) is 5.10 Å². The van der Waals surface area contributed by atoms with Crippen molar-refractivity contribution < 1.29 is 9.50 Å². The predicted molar refractivity (Wildman–Crippen MR) is 80.6 cm³/mol. The molecular weight excluding hydrogens is 281 g/mol. The van der Waals surface area contributed by atoms with Crippen LogP contribution in [-0.4, -0.2) is 20.1 Å². The van der Waals surface area contributed by atoms with Gasteiger partial charge >= 0.3 is 0 Å². The molecule has 0 unspecified atom stereocenters. The van der Waals surface area contributed by atoms with Gasteiger partial charge in [-0.2, -0.15) is 0 Å². The Morgan fingerprint density at radius 1 is 1.00 bits per heavy atom. The Morgan fingerprint density at radius 3 is 2.36 bits per heavy atom. The second-order valence-electron chi connectivity index (χ2n) is 5.14. The average Bonchev–Trinajstić information content (AvgIpc) is 3.07. The van der Waals surface area contributed by atoms with E-state index in [1.165, 1.54) is 12.1 Å². The van der Waals surface area contributed by atoms with Crippen LogP contribution in [-0.2, 0) is 6.54 Å². The zero-order chi connectivity index (χ0) is 15.4. The van der Waals surface area contributed by atoms with Gasteiger partial charge in [0.25, 0.3) is 0 Å². The quantitative estimate of drug-likeness (QED) is 0.787. The summed E-state index contributed by atoms with van der Waals surface area (Å²) in [6.45, 7) is 0.489. The molecule has 4 nitrogen and oxygen atoms in total. The van der Waals surface area contributed by atoms with Crippen molar-refractivity contribution in [2.45, 2.75) is 18.6 Å². The molecule has 2 aromatic carbocycles. The number of halogens is 1. The Bertz CT molecular complexity index is 699. The number of aromatic nitrogens is 3. The first kappa shape index (κ1) is 14.4. The summed E-state index contributed by atoms with van der Waals surface area (Å²) < 4.78 is 14.8. The van der Waals surface area contributed by atoms with Gasteiger partial charge in [0, 0.05) is 12.1 Å². The smallest absolute Gasteiger partial charge is 0.123 e. The van der Waals surface area contributed by atoms with E-state index in [2.05, 4.69) is 10.3 Å². The first-order valence-corrected chi connectivity index (χ1v) is 7.06. The third-order valence-electron chi connectivity index (χ3n) is 3.68. The van der Waals surface area contributed by atoms with E-state index in [-0.39, 0.29) is 11.7 Å². The van der Waals surface area contributed by atoms with E-state index in [0.29, 0.717) is 12.1 Å². The van der Waals surface area contributed by atoms with Crippen LogP contribution in [0.15, 0.2) is 67.0 Å². The summed E-state index contributed by atoms with van der Waals surface area (Å²) in [6, 6.07) is 15.7. The van der Waals surface area contributed by atoms with Gasteiger partial charge in [-0.3, -0.25) is 4.68 Å². The van der Waals surface area contributed by atoms with E-state index >= 15 is 0 Å². The third-order valence-corrected chi connectivity index (χ3v) is 3.68. The monoisotopic (exact) mass is 297 g/mol. The number of nitrogens with zero attached hydrogens (tertiary/aromatic N) is 3. The summed E-state index contributed by atoms with van der Waals surface area (Å²) in [5.41, 5.74) is 1.67. The van der Waals surface area contributed by atoms with Gasteiger partial charge in [0.1, 0.15) is 5.82 Å². The SMILES string of the molecule is O[C@@H](c1ccc(F)cc1)[C@H](Cn1ccnn1)c1ccccc1. The molecule has 0 saturated carbocycles. The topological polar surface area (TPSA) is 50.9 Å². The maximum Gasteiger partial charge on any atom is 0.123 e. The molecule has 3 aromatic rings. The van der Waals surface area contributed by atoms with Crippen molar-refractivity contribution >= 4 is 0 Å². The lowest BCUT2D eigenvalue weighted by molar-refractivity contribution is 0.133. The first-order valence-electron chi connectivity index (χ1n) is 7.06. The molecule has 3 rings (SSSR count). The van der Waals surface area contributed by atoms with E-state index in [1.54, 1.807) is 29.2 Å². The Balaban J connectivity index is 1.92. The van der Waals surface area contributed by atoms with Crippen LogP contribution < -0.4 is 0 Å². The molecular formula is C17H16FN3O. The minimum Gasteiger partial charge on any atom is -0.388 e. The number of hydrogen-bond acceptors (Lipinski definition) is 3. The second-order valence-corrected chi connectivity index (χ2v) is 5.14. The molecule has 112 valence electrons. The number of aliphatic hydroxyl groups is 1.